The molecule has 5 rings (SSSR count). The molecule has 1 saturated carbocycles. The van der Waals surface area contributed by atoms with E-state index in [0.29, 0.717) is 39.4 Å². The van der Waals surface area contributed by atoms with Crippen LogP contribution in [0.4, 0.5) is 33.3 Å². The van der Waals surface area contributed by atoms with Crippen LogP contribution in [0.1, 0.15) is 56.5 Å². The second kappa shape index (κ2) is 10.4. The summed E-state index contributed by atoms with van der Waals surface area (Å²) in [5, 5.41) is 17.4. The molecule has 2 aliphatic rings. The van der Waals surface area contributed by atoms with Gasteiger partial charge in [-0.1, -0.05) is 38.4 Å². The molecule has 0 amide bonds. The highest BCUT2D eigenvalue weighted by Crippen LogP contribution is 2.55. The number of alkyl halides is 3. The molecule has 1 aliphatic carbocycles. The number of nitrogens with one attached hydrogen (secondary N) is 4. The number of nitrogens with zero attached hydrogens (tertiary/aromatic N) is 4. The lowest BCUT2D eigenvalue weighted by Gasteiger charge is -2.29. The van der Waals surface area contributed by atoms with Crippen LogP contribution < -0.4 is 21.6 Å². The van der Waals surface area contributed by atoms with E-state index in [-0.39, 0.29) is 40.2 Å². The van der Waals surface area contributed by atoms with Crippen LogP contribution in [0.15, 0.2) is 42.1 Å². The smallest absolute Gasteiger partial charge is 0.383 e. The lowest BCUT2D eigenvalue weighted by Crippen LogP contribution is -2.53. The molecule has 0 bridgehead atoms. The Kier molecular flexibility index (Phi) is 7.35. The number of halogens is 6. The van der Waals surface area contributed by atoms with Gasteiger partial charge in [-0.3, -0.25) is 4.98 Å². The van der Waals surface area contributed by atoms with Gasteiger partial charge in [0, 0.05) is 35.1 Å². The van der Waals surface area contributed by atoms with Crippen molar-refractivity contribution in [2.24, 2.45) is 5.41 Å². The summed E-state index contributed by atoms with van der Waals surface area (Å²) >= 11 is 6.61. The molecule has 3 heterocycles. The Morgan fingerprint density at radius 1 is 1.19 bits per heavy atom. The number of nitriles is 1. The van der Waals surface area contributed by atoms with Gasteiger partial charge in [-0.05, 0) is 43.4 Å². The van der Waals surface area contributed by atoms with E-state index in [9.17, 15) is 22.8 Å². The van der Waals surface area contributed by atoms with Crippen molar-refractivity contribution in [2.75, 3.05) is 17.2 Å². The molecule has 4 N–H and O–H groups in total. The Bertz CT molecular complexity index is 1620. The monoisotopic (exact) mass is 606 g/mol. The maximum atomic E-state index is 15.8. The van der Waals surface area contributed by atoms with Gasteiger partial charge < -0.3 is 16.1 Å². The largest absolute Gasteiger partial charge is 0.413 e. The minimum Gasteiger partial charge on any atom is -0.383 e. The second-order valence-electron chi connectivity index (χ2n) is 11.6. The molecule has 1 fully saturated rings. The number of hydrazine groups is 2. The average molecular weight is 607 g/mol. The standard InChI is InChI=1S/C28H28ClF5N8/c1-14-17(5-6-20(30)38-14)23(24-25(31)42(41-40-24)27(7-8-27)28(32,33)34)39-16-9-18-21(37-13-26(2,3)4)15(11-35)12-36-22(18)19(29)10-16/h5-6,9-10,12,23,39-41H,7-8,13H2,1-4H3,(H,36,37)/t23-/m0/s1. The molecule has 0 saturated heterocycles. The third-order valence-electron chi connectivity index (χ3n) is 7.24. The molecule has 222 valence electrons. The zero-order valence-electron chi connectivity index (χ0n) is 23.1. The van der Waals surface area contributed by atoms with E-state index < -0.39 is 29.7 Å². The molecule has 1 aromatic carbocycles. The maximum Gasteiger partial charge on any atom is 0.413 e. The SMILES string of the molecule is Cc1nc(F)ccc1[C@H](Nc1cc(Cl)c2ncc(C#N)c(NCC(C)(C)C)c2c1)C1=C(F)N(C2(C(F)(F)F)CC2)NN1. The van der Waals surface area contributed by atoms with Crippen LogP contribution >= 0.6 is 11.6 Å². The lowest BCUT2D eigenvalue weighted by atomic mass is 9.96. The van der Waals surface area contributed by atoms with Crippen LogP contribution in [0.25, 0.3) is 10.9 Å². The van der Waals surface area contributed by atoms with E-state index in [2.05, 4.69) is 37.6 Å². The normalized spacial score (nSPS) is 17.2. The topological polar surface area (TPSA) is 101 Å². The highest BCUT2D eigenvalue weighted by atomic mass is 35.5. The van der Waals surface area contributed by atoms with Gasteiger partial charge in [0.25, 0.3) is 0 Å². The van der Waals surface area contributed by atoms with Crippen molar-refractivity contribution in [3.63, 3.8) is 0 Å². The molecule has 0 radical (unpaired) electrons. The molecular weight excluding hydrogens is 579 g/mol. The van der Waals surface area contributed by atoms with Crippen molar-refractivity contribution < 1.29 is 22.0 Å². The molecule has 42 heavy (non-hydrogen) atoms. The van der Waals surface area contributed by atoms with E-state index in [1.165, 1.54) is 25.3 Å². The third kappa shape index (κ3) is 5.36. The number of rotatable bonds is 7. The van der Waals surface area contributed by atoms with Crippen LogP contribution in [-0.4, -0.2) is 33.2 Å². The minimum absolute atomic E-state index is 0.132. The highest BCUT2D eigenvalue weighted by molar-refractivity contribution is 6.35. The third-order valence-corrected chi connectivity index (χ3v) is 7.53. The quantitative estimate of drug-likeness (QED) is 0.133. The zero-order chi connectivity index (χ0) is 30.6. The maximum absolute atomic E-state index is 15.8. The Morgan fingerprint density at radius 2 is 1.90 bits per heavy atom. The van der Waals surface area contributed by atoms with Crippen LogP contribution in [0, 0.1) is 29.6 Å². The van der Waals surface area contributed by atoms with E-state index in [4.69, 9.17) is 11.6 Å². The molecule has 1 aliphatic heterocycles. The minimum atomic E-state index is -4.68. The first kappa shape index (κ1) is 29.6. The first-order valence-electron chi connectivity index (χ1n) is 13.1. The Balaban J connectivity index is 1.62. The number of aromatic nitrogens is 2. The van der Waals surface area contributed by atoms with Crippen molar-refractivity contribution in [1.82, 2.24) is 25.9 Å². The summed E-state index contributed by atoms with van der Waals surface area (Å²) in [5.74, 6) is -1.94. The van der Waals surface area contributed by atoms with E-state index >= 15 is 4.39 Å². The van der Waals surface area contributed by atoms with Gasteiger partial charge in [-0.2, -0.15) is 27.2 Å². The number of pyridine rings is 2. The number of anilines is 2. The Morgan fingerprint density at radius 3 is 2.50 bits per heavy atom. The second-order valence-corrected chi connectivity index (χ2v) is 12.0. The zero-order valence-corrected chi connectivity index (χ0v) is 23.9. The summed E-state index contributed by atoms with van der Waals surface area (Å²) in [5.41, 5.74) is 4.13. The number of benzene rings is 1. The summed E-state index contributed by atoms with van der Waals surface area (Å²) in [6.45, 7) is 8.10. The van der Waals surface area contributed by atoms with Gasteiger partial charge in [-0.15, -0.1) is 5.53 Å². The number of hydrogen-bond donors (Lipinski definition) is 4. The van der Waals surface area contributed by atoms with Crippen molar-refractivity contribution >= 4 is 33.9 Å². The van der Waals surface area contributed by atoms with Crippen LogP contribution in [0.5, 0.6) is 0 Å². The predicted octanol–water partition coefficient (Wildman–Crippen LogP) is 6.77. The summed E-state index contributed by atoms with van der Waals surface area (Å²) in [6.07, 6.45) is -3.82. The van der Waals surface area contributed by atoms with Crippen LogP contribution in [0.3, 0.4) is 0 Å². The molecule has 0 unspecified atom stereocenters. The van der Waals surface area contributed by atoms with Crippen molar-refractivity contribution in [3.05, 3.63) is 69.9 Å². The summed E-state index contributed by atoms with van der Waals surface area (Å²) in [6, 6.07) is 6.64. The average Bonchev–Trinajstić information content (AvgIpc) is 3.62. The first-order valence-corrected chi connectivity index (χ1v) is 13.5. The fourth-order valence-corrected chi connectivity index (χ4v) is 5.13. The summed E-state index contributed by atoms with van der Waals surface area (Å²) in [7, 11) is 0. The van der Waals surface area contributed by atoms with Gasteiger partial charge in [0.1, 0.15) is 11.8 Å². The Labute approximate surface area is 243 Å². The molecule has 14 heteroatoms. The van der Waals surface area contributed by atoms with Gasteiger partial charge in [0.15, 0.2) is 5.54 Å². The van der Waals surface area contributed by atoms with Crippen molar-refractivity contribution in [3.8, 4) is 6.07 Å². The van der Waals surface area contributed by atoms with E-state index in [1.807, 2.05) is 20.8 Å². The van der Waals surface area contributed by atoms with Crippen LogP contribution in [-0.2, 0) is 0 Å². The molecule has 3 aromatic rings. The van der Waals surface area contributed by atoms with Gasteiger partial charge in [0.05, 0.1) is 27.8 Å². The molecular formula is C28H28ClF5N8. The fraction of sp³-hybridized carbons (Fsp3) is 0.393. The lowest BCUT2D eigenvalue weighted by molar-refractivity contribution is -0.201. The predicted molar refractivity (Wildman–Crippen MR) is 149 cm³/mol. The number of aryl methyl sites for hydroxylation is 1. The molecule has 0 spiro atoms. The van der Waals surface area contributed by atoms with E-state index in [1.54, 1.807) is 6.07 Å². The molecule has 1 atom stereocenters. The highest BCUT2D eigenvalue weighted by Gasteiger charge is 2.69. The number of fused-ring (bicyclic) bond motifs is 1. The van der Waals surface area contributed by atoms with Crippen LogP contribution in [0.2, 0.25) is 5.02 Å². The van der Waals surface area contributed by atoms with Crippen molar-refractivity contribution in [2.45, 2.75) is 58.3 Å². The van der Waals surface area contributed by atoms with Crippen molar-refractivity contribution in [1.29, 1.82) is 5.26 Å². The number of hydrogen-bond acceptors (Lipinski definition) is 8. The summed E-state index contributed by atoms with van der Waals surface area (Å²) < 4.78 is 71.3. The molecule has 2 aromatic heterocycles. The molecule has 8 nitrogen and oxygen atoms in total. The first-order chi connectivity index (χ1) is 19.6. The van der Waals surface area contributed by atoms with Gasteiger partial charge in [-0.25, -0.2) is 9.99 Å². The Hall–Kier alpha value is -3.89. The fourth-order valence-electron chi connectivity index (χ4n) is 4.87. The van der Waals surface area contributed by atoms with Gasteiger partial charge >= 0.3 is 6.18 Å². The van der Waals surface area contributed by atoms with Gasteiger partial charge in [0.2, 0.25) is 11.9 Å². The van der Waals surface area contributed by atoms with E-state index in [0.717, 1.165) is 6.07 Å². The summed E-state index contributed by atoms with van der Waals surface area (Å²) in [4.78, 5) is 8.16.